The molecule has 1 rings (SSSR count). The second kappa shape index (κ2) is 6.77. The Kier molecular flexibility index (Phi) is 5.34. The van der Waals surface area contributed by atoms with Crippen LogP contribution in [0, 0.1) is 11.3 Å². The molecular weight excluding hydrogens is 228 g/mol. The van der Waals surface area contributed by atoms with Crippen molar-refractivity contribution in [3.8, 4) is 6.07 Å². The van der Waals surface area contributed by atoms with Crippen molar-refractivity contribution in [3.63, 3.8) is 0 Å². The third-order valence-corrected chi connectivity index (χ3v) is 2.78. The highest BCUT2D eigenvalue weighted by molar-refractivity contribution is 5.95. The monoisotopic (exact) mass is 246 g/mol. The molecule has 0 spiro atoms. The molecule has 18 heavy (non-hydrogen) atoms. The van der Waals surface area contributed by atoms with Crippen molar-refractivity contribution in [2.75, 3.05) is 32.2 Å². The zero-order valence-corrected chi connectivity index (χ0v) is 11.1. The number of ether oxygens (including phenoxy) is 1. The summed E-state index contributed by atoms with van der Waals surface area (Å²) in [4.78, 5) is 13.3. The van der Waals surface area contributed by atoms with Gasteiger partial charge in [0.15, 0.2) is 5.78 Å². The summed E-state index contributed by atoms with van der Waals surface area (Å²) >= 11 is 0. The van der Waals surface area contributed by atoms with Crippen LogP contribution in [-0.2, 0) is 4.74 Å². The van der Waals surface area contributed by atoms with E-state index in [9.17, 15) is 4.79 Å². The number of anilines is 1. The fourth-order valence-corrected chi connectivity index (χ4v) is 1.73. The van der Waals surface area contributed by atoms with E-state index in [1.54, 1.807) is 25.3 Å². The third kappa shape index (κ3) is 3.57. The van der Waals surface area contributed by atoms with Gasteiger partial charge in [-0.15, -0.1) is 0 Å². The number of carbonyl (C=O) groups is 1. The van der Waals surface area contributed by atoms with Crippen LogP contribution in [0.4, 0.5) is 5.69 Å². The van der Waals surface area contributed by atoms with Gasteiger partial charge >= 0.3 is 0 Å². The number of hydrogen-bond acceptors (Lipinski definition) is 4. The highest BCUT2D eigenvalue weighted by Crippen LogP contribution is 2.21. The Labute approximate surface area is 108 Å². The molecule has 1 aromatic carbocycles. The molecule has 0 atom stereocenters. The number of hydrogen-bond donors (Lipinski definition) is 0. The Morgan fingerprint density at radius 3 is 2.78 bits per heavy atom. The minimum Gasteiger partial charge on any atom is -0.385 e. The van der Waals surface area contributed by atoms with Crippen molar-refractivity contribution in [3.05, 3.63) is 29.3 Å². The first-order chi connectivity index (χ1) is 8.60. The number of nitriles is 1. The maximum atomic E-state index is 11.4. The minimum atomic E-state index is 0.00558. The lowest BCUT2D eigenvalue weighted by molar-refractivity contribution is 0.101. The molecule has 0 aliphatic rings. The van der Waals surface area contributed by atoms with Crippen molar-refractivity contribution in [2.45, 2.75) is 13.3 Å². The lowest BCUT2D eigenvalue weighted by Crippen LogP contribution is -2.21. The van der Waals surface area contributed by atoms with Gasteiger partial charge in [-0.1, -0.05) is 0 Å². The van der Waals surface area contributed by atoms with Crippen LogP contribution < -0.4 is 4.90 Å². The molecule has 4 heteroatoms. The Morgan fingerprint density at radius 2 is 2.22 bits per heavy atom. The summed E-state index contributed by atoms with van der Waals surface area (Å²) in [5.41, 5.74) is 2.00. The molecule has 0 N–H and O–H groups in total. The fraction of sp³-hybridized carbons (Fsp3) is 0.429. The van der Waals surface area contributed by atoms with Crippen LogP contribution in [0.1, 0.15) is 29.3 Å². The number of Topliss-reactive ketones (excluding diaryl/α,β-unsaturated/α-hetero) is 1. The Bertz CT molecular complexity index is 463. The van der Waals surface area contributed by atoms with E-state index in [4.69, 9.17) is 10.00 Å². The molecule has 0 aliphatic carbocycles. The summed E-state index contributed by atoms with van der Waals surface area (Å²) < 4.78 is 5.00. The van der Waals surface area contributed by atoms with Gasteiger partial charge in [-0.25, -0.2) is 0 Å². The van der Waals surface area contributed by atoms with E-state index in [-0.39, 0.29) is 5.78 Å². The maximum Gasteiger partial charge on any atom is 0.159 e. The second-order valence-electron chi connectivity index (χ2n) is 4.17. The van der Waals surface area contributed by atoms with Gasteiger partial charge in [0.05, 0.1) is 11.3 Å². The maximum absolute atomic E-state index is 11.4. The van der Waals surface area contributed by atoms with Gasteiger partial charge in [-0.3, -0.25) is 4.79 Å². The summed E-state index contributed by atoms with van der Waals surface area (Å²) in [6.07, 6.45) is 0.877. The highest BCUT2D eigenvalue weighted by Gasteiger charge is 2.10. The normalized spacial score (nSPS) is 9.89. The first kappa shape index (κ1) is 14.2. The van der Waals surface area contributed by atoms with Crippen molar-refractivity contribution in [1.82, 2.24) is 0 Å². The van der Waals surface area contributed by atoms with Gasteiger partial charge in [-0.2, -0.15) is 5.26 Å². The van der Waals surface area contributed by atoms with E-state index in [1.807, 2.05) is 11.9 Å². The van der Waals surface area contributed by atoms with Crippen molar-refractivity contribution < 1.29 is 9.53 Å². The molecule has 0 bridgehead atoms. The van der Waals surface area contributed by atoms with Gasteiger partial charge in [0.1, 0.15) is 6.07 Å². The van der Waals surface area contributed by atoms with Crippen LogP contribution in [0.5, 0.6) is 0 Å². The summed E-state index contributed by atoms with van der Waals surface area (Å²) in [6, 6.07) is 7.30. The van der Waals surface area contributed by atoms with E-state index in [0.717, 1.165) is 18.7 Å². The SMILES string of the molecule is COCCCN(C)c1cc(C(C)=O)ccc1C#N. The average Bonchev–Trinajstić information content (AvgIpc) is 2.38. The number of methoxy groups -OCH3 is 1. The Hall–Kier alpha value is -1.86. The molecule has 0 heterocycles. The molecule has 0 fully saturated rings. The predicted octanol–water partition coefficient (Wildman–Crippen LogP) is 2.23. The fourth-order valence-electron chi connectivity index (χ4n) is 1.73. The van der Waals surface area contributed by atoms with E-state index in [0.29, 0.717) is 17.7 Å². The molecule has 0 unspecified atom stereocenters. The van der Waals surface area contributed by atoms with Gasteiger partial charge in [0.2, 0.25) is 0 Å². The average molecular weight is 246 g/mol. The number of nitrogens with zero attached hydrogens (tertiary/aromatic N) is 2. The van der Waals surface area contributed by atoms with E-state index < -0.39 is 0 Å². The van der Waals surface area contributed by atoms with E-state index >= 15 is 0 Å². The molecule has 0 saturated heterocycles. The standard InChI is InChI=1S/C14H18N2O2/c1-11(17)12-5-6-13(10-15)14(9-12)16(2)7-4-8-18-3/h5-6,9H,4,7-8H2,1-3H3. The zero-order chi connectivity index (χ0) is 13.5. The quantitative estimate of drug-likeness (QED) is 0.570. The van der Waals surface area contributed by atoms with Crippen LogP contribution in [-0.4, -0.2) is 33.1 Å². The van der Waals surface area contributed by atoms with Crippen molar-refractivity contribution in [1.29, 1.82) is 5.26 Å². The molecule has 4 nitrogen and oxygen atoms in total. The lowest BCUT2D eigenvalue weighted by atomic mass is 10.1. The number of rotatable bonds is 6. The summed E-state index contributed by atoms with van der Waals surface area (Å²) in [7, 11) is 3.58. The van der Waals surface area contributed by atoms with Crippen LogP contribution in [0.2, 0.25) is 0 Å². The van der Waals surface area contributed by atoms with E-state index in [1.165, 1.54) is 6.92 Å². The molecule has 1 aromatic rings. The van der Waals surface area contributed by atoms with Gasteiger partial charge in [0, 0.05) is 32.9 Å². The summed E-state index contributed by atoms with van der Waals surface area (Å²) in [6.45, 7) is 2.98. The minimum absolute atomic E-state index is 0.00558. The van der Waals surface area contributed by atoms with Crippen LogP contribution in [0.3, 0.4) is 0 Å². The number of ketones is 1. The first-order valence-electron chi connectivity index (χ1n) is 5.85. The van der Waals surface area contributed by atoms with Crippen molar-refractivity contribution >= 4 is 11.5 Å². The summed E-state index contributed by atoms with van der Waals surface area (Å²) in [5, 5.41) is 9.08. The summed E-state index contributed by atoms with van der Waals surface area (Å²) in [5.74, 6) is 0.00558. The highest BCUT2D eigenvalue weighted by atomic mass is 16.5. The Morgan fingerprint density at radius 1 is 1.50 bits per heavy atom. The molecule has 0 aromatic heterocycles. The molecule has 0 aliphatic heterocycles. The lowest BCUT2D eigenvalue weighted by Gasteiger charge is -2.20. The molecule has 0 amide bonds. The number of carbonyl (C=O) groups excluding carboxylic acids is 1. The van der Waals surface area contributed by atoms with Gasteiger partial charge in [0.25, 0.3) is 0 Å². The Balaban J connectivity index is 2.93. The van der Waals surface area contributed by atoms with Gasteiger partial charge < -0.3 is 9.64 Å². The van der Waals surface area contributed by atoms with Crippen LogP contribution in [0.25, 0.3) is 0 Å². The molecule has 0 radical (unpaired) electrons. The van der Waals surface area contributed by atoms with Crippen LogP contribution in [0.15, 0.2) is 18.2 Å². The zero-order valence-electron chi connectivity index (χ0n) is 11.1. The van der Waals surface area contributed by atoms with E-state index in [2.05, 4.69) is 6.07 Å². The number of benzene rings is 1. The smallest absolute Gasteiger partial charge is 0.159 e. The van der Waals surface area contributed by atoms with Crippen molar-refractivity contribution in [2.24, 2.45) is 0 Å². The molecule has 0 saturated carbocycles. The predicted molar refractivity (Wildman–Crippen MR) is 70.9 cm³/mol. The van der Waals surface area contributed by atoms with Gasteiger partial charge in [-0.05, 0) is 31.5 Å². The largest absolute Gasteiger partial charge is 0.385 e. The topological polar surface area (TPSA) is 53.3 Å². The van der Waals surface area contributed by atoms with Crippen LogP contribution >= 0.6 is 0 Å². The third-order valence-electron chi connectivity index (χ3n) is 2.78. The first-order valence-corrected chi connectivity index (χ1v) is 5.85. The second-order valence-corrected chi connectivity index (χ2v) is 4.17. The molecular formula is C14H18N2O2. The molecule has 96 valence electrons.